The number of rotatable bonds is 5. The van der Waals surface area contributed by atoms with Crippen molar-refractivity contribution in [1.82, 2.24) is 14.9 Å². The molecule has 24 heavy (non-hydrogen) atoms. The highest BCUT2D eigenvalue weighted by Gasteiger charge is 2.10. The zero-order chi connectivity index (χ0) is 16.9. The second-order valence-corrected chi connectivity index (χ2v) is 5.72. The lowest BCUT2D eigenvalue weighted by Gasteiger charge is -2.10. The third-order valence-electron chi connectivity index (χ3n) is 3.54. The molecule has 0 saturated heterocycles. The standard InChI is InChI=1S/C17H16ClN5O/c18-14-8-6-12(7-9-14)10-15-16(24)23(19)17(22-21-15)20-11-13-4-2-1-3-5-13/h1-9H,10-11,19H2,(H,20,22). The van der Waals surface area contributed by atoms with E-state index in [-0.39, 0.29) is 17.2 Å². The summed E-state index contributed by atoms with van der Waals surface area (Å²) in [4.78, 5) is 12.3. The lowest BCUT2D eigenvalue weighted by Crippen LogP contribution is -2.34. The number of hydrogen-bond donors (Lipinski definition) is 2. The van der Waals surface area contributed by atoms with Crippen LogP contribution in [0.1, 0.15) is 16.8 Å². The van der Waals surface area contributed by atoms with Crippen LogP contribution in [0.2, 0.25) is 5.02 Å². The molecule has 0 aliphatic heterocycles. The molecular weight excluding hydrogens is 326 g/mol. The van der Waals surface area contributed by atoms with E-state index in [1.807, 2.05) is 42.5 Å². The Morgan fingerprint density at radius 1 is 1.00 bits per heavy atom. The maximum atomic E-state index is 12.3. The van der Waals surface area contributed by atoms with E-state index < -0.39 is 0 Å². The van der Waals surface area contributed by atoms with Gasteiger partial charge in [-0.25, -0.2) is 0 Å². The first-order valence-electron chi connectivity index (χ1n) is 7.39. The molecule has 0 saturated carbocycles. The van der Waals surface area contributed by atoms with Crippen molar-refractivity contribution >= 4 is 17.5 Å². The fraction of sp³-hybridized carbons (Fsp3) is 0.118. The monoisotopic (exact) mass is 341 g/mol. The quantitative estimate of drug-likeness (QED) is 0.695. The number of hydrogen-bond acceptors (Lipinski definition) is 5. The van der Waals surface area contributed by atoms with E-state index in [1.165, 1.54) is 0 Å². The van der Waals surface area contributed by atoms with E-state index in [1.54, 1.807) is 12.1 Å². The lowest BCUT2D eigenvalue weighted by atomic mass is 10.1. The van der Waals surface area contributed by atoms with Gasteiger partial charge in [0.25, 0.3) is 5.56 Å². The molecule has 0 atom stereocenters. The molecular formula is C17H16ClN5O. The number of nitrogens with one attached hydrogen (secondary N) is 1. The Balaban J connectivity index is 1.76. The zero-order valence-corrected chi connectivity index (χ0v) is 13.6. The van der Waals surface area contributed by atoms with Gasteiger partial charge < -0.3 is 11.2 Å². The van der Waals surface area contributed by atoms with Gasteiger partial charge in [-0.15, -0.1) is 10.2 Å². The number of nitrogens with two attached hydrogens (primary N) is 1. The Morgan fingerprint density at radius 3 is 2.42 bits per heavy atom. The largest absolute Gasteiger partial charge is 0.349 e. The van der Waals surface area contributed by atoms with Gasteiger partial charge in [0.15, 0.2) is 0 Å². The summed E-state index contributed by atoms with van der Waals surface area (Å²) < 4.78 is 0.987. The molecule has 3 rings (SSSR count). The molecule has 0 bridgehead atoms. The van der Waals surface area contributed by atoms with E-state index >= 15 is 0 Å². The van der Waals surface area contributed by atoms with Gasteiger partial charge in [-0.05, 0) is 23.3 Å². The van der Waals surface area contributed by atoms with Crippen LogP contribution < -0.4 is 16.7 Å². The van der Waals surface area contributed by atoms with E-state index in [0.717, 1.165) is 15.8 Å². The zero-order valence-electron chi connectivity index (χ0n) is 12.8. The van der Waals surface area contributed by atoms with Crippen LogP contribution in [-0.4, -0.2) is 14.9 Å². The predicted molar refractivity (Wildman–Crippen MR) is 94.5 cm³/mol. The van der Waals surface area contributed by atoms with Gasteiger partial charge in [-0.3, -0.25) is 4.79 Å². The number of halogens is 1. The maximum absolute atomic E-state index is 12.3. The first-order valence-corrected chi connectivity index (χ1v) is 7.77. The molecule has 0 spiro atoms. The smallest absolute Gasteiger partial charge is 0.295 e. The molecule has 1 heterocycles. The van der Waals surface area contributed by atoms with Crippen molar-refractivity contribution in [2.24, 2.45) is 0 Å². The molecule has 1 aromatic heterocycles. The minimum atomic E-state index is -0.379. The van der Waals surface area contributed by atoms with Crippen molar-refractivity contribution in [2.75, 3.05) is 11.2 Å². The number of benzene rings is 2. The van der Waals surface area contributed by atoms with Gasteiger partial charge in [-0.2, -0.15) is 4.68 Å². The minimum absolute atomic E-state index is 0.226. The van der Waals surface area contributed by atoms with E-state index in [4.69, 9.17) is 17.4 Å². The van der Waals surface area contributed by atoms with Crippen molar-refractivity contribution in [3.63, 3.8) is 0 Å². The average molecular weight is 342 g/mol. The molecule has 0 fully saturated rings. The van der Waals surface area contributed by atoms with Crippen LogP contribution in [0, 0.1) is 0 Å². The summed E-state index contributed by atoms with van der Waals surface area (Å²) in [5.41, 5.74) is 1.87. The van der Waals surface area contributed by atoms with Crippen molar-refractivity contribution in [1.29, 1.82) is 0 Å². The minimum Gasteiger partial charge on any atom is -0.349 e. The van der Waals surface area contributed by atoms with Crippen LogP contribution in [0.4, 0.5) is 5.95 Å². The maximum Gasteiger partial charge on any atom is 0.295 e. The summed E-state index contributed by atoms with van der Waals surface area (Å²) in [6, 6.07) is 17.0. The first kappa shape index (κ1) is 16.0. The fourth-order valence-electron chi connectivity index (χ4n) is 2.24. The van der Waals surface area contributed by atoms with E-state index in [2.05, 4.69) is 15.5 Å². The highest BCUT2D eigenvalue weighted by molar-refractivity contribution is 6.30. The molecule has 2 aromatic carbocycles. The second kappa shape index (κ2) is 7.14. The summed E-state index contributed by atoms with van der Waals surface area (Å²) in [5, 5.41) is 11.7. The third-order valence-corrected chi connectivity index (χ3v) is 3.79. The Morgan fingerprint density at radius 2 is 1.71 bits per heavy atom. The molecule has 7 heteroatoms. The first-order chi connectivity index (χ1) is 11.6. The van der Waals surface area contributed by atoms with Crippen LogP contribution >= 0.6 is 11.6 Å². The molecule has 0 aliphatic carbocycles. The number of nitrogens with zero attached hydrogens (tertiary/aromatic N) is 3. The summed E-state index contributed by atoms with van der Waals surface area (Å²) >= 11 is 5.86. The van der Waals surface area contributed by atoms with Crippen molar-refractivity contribution < 1.29 is 0 Å². The molecule has 0 unspecified atom stereocenters. The summed E-state index contributed by atoms with van der Waals surface area (Å²) in [7, 11) is 0. The fourth-order valence-corrected chi connectivity index (χ4v) is 2.36. The van der Waals surface area contributed by atoms with Crippen LogP contribution in [0.15, 0.2) is 59.4 Å². The molecule has 6 nitrogen and oxygen atoms in total. The lowest BCUT2D eigenvalue weighted by molar-refractivity contribution is 0.777. The predicted octanol–water partition coefficient (Wildman–Crippen LogP) is 2.21. The SMILES string of the molecule is Nn1c(NCc2ccccc2)nnc(Cc2ccc(Cl)cc2)c1=O. The summed E-state index contributed by atoms with van der Waals surface area (Å²) in [6.07, 6.45) is 0.346. The molecule has 0 amide bonds. The van der Waals surface area contributed by atoms with Crippen LogP contribution in [0.3, 0.4) is 0 Å². The normalized spacial score (nSPS) is 10.5. The van der Waals surface area contributed by atoms with E-state index in [0.29, 0.717) is 18.0 Å². The molecule has 0 radical (unpaired) electrons. The third kappa shape index (κ3) is 3.72. The van der Waals surface area contributed by atoms with Gasteiger partial charge in [0.1, 0.15) is 5.69 Å². The topological polar surface area (TPSA) is 85.8 Å². The van der Waals surface area contributed by atoms with Crippen molar-refractivity contribution in [2.45, 2.75) is 13.0 Å². The van der Waals surface area contributed by atoms with Crippen LogP contribution in [-0.2, 0) is 13.0 Å². The van der Waals surface area contributed by atoms with Gasteiger partial charge in [0, 0.05) is 18.0 Å². The van der Waals surface area contributed by atoms with Crippen molar-refractivity contribution in [3.05, 3.63) is 86.8 Å². The number of nitrogen functional groups attached to an aromatic ring is 1. The van der Waals surface area contributed by atoms with Crippen molar-refractivity contribution in [3.8, 4) is 0 Å². The number of anilines is 1. The number of aromatic nitrogens is 3. The Hall–Kier alpha value is -2.86. The Kier molecular flexibility index (Phi) is 4.77. The molecule has 3 aromatic rings. The van der Waals surface area contributed by atoms with Gasteiger partial charge in [0.05, 0.1) is 0 Å². The van der Waals surface area contributed by atoms with Gasteiger partial charge >= 0.3 is 0 Å². The Bertz CT molecular complexity index is 878. The van der Waals surface area contributed by atoms with Crippen LogP contribution in [0.25, 0.3) is 0 Å². The highest BCUT2D eigenvalue weighted by Crippen LogP contribution is 2.11. The highest BCUT2D eigenvalue weighted by atomic mass is 35.5. The average Bonchev–Trinajstić information content (AvgIpc) is 2.61. The van der Waals surface area contributed by atoms with Gasteiger partial charge in [-0.1, -0.05) is 54.1 Å². The molecule has 122 valence electrons. The van der Waals surface area contributed by atoms with Crippen LogP contribution in [0.5, 0.6) is 0 Å². The Labute approximate surface area is 143 Å². The molecule has 3 N–H and O–H groups in total. The van der Waals surface area contributed by atoms with Gasteiger partial charge in [0.2, 0.25) is 5.95 Å². The summed E-state index contributed by atoms with van der Waals surface area (Å²) in [6.45, 7) is 0.503. The van der Waals surface area contributed by atoms with E-state index in [9.17, 15) is 4.79 Å². The summed E-state index contributed by atoms with van der Waals surface area (Å²) in [5.74, 6) is 6.07. The second-order valence-electron chi connectivity index (χ2n) is 5.29. The molecule has 0 aliphatic rings.